The summed E-state index contributed by atoms with van der Waals surface area (Å²) < 4.78 is 0. The third-order valence-corrected chi connectivity index (χ3v) is 1.25. The van der Waals surface area contributed by atoms with Gasteiger partial charge in [-0.25, -0.2) is 4.98 Å². The lowest BCUT2D eigenvalue weighted by atomic mass is 10.3. The Bertz CT molecular complexity index is 302. The first-order chi connectivity index (χ1) is 5.74. The molecule has 2 amide bonds. The molecule has 78 valence electrons. The van der Waals surface area contributed by atoms with Crippen molar-refractivity contribution in [1.29, 1.82) is 0 Å². The van der Waals surface area contributed by atoms with Crippen molar-refractivity contribution >= 4 is 42.9 Å². The first-order valence-corrected chi connectivity index (χ1v) is 3.20. The number of anilines is 1. The van der Waals surface area contributed by atoms with E-state index in [-0.39, 0.29) is 24.8 Å². The number of nitrogens with one attached hydrogen (secondary N) is 1. The van der Waals surface area contributed by atoms with Crippen LogP contribution in [0.1, 0.15) is 10.4 Å². The lowest BCUT2D eigenvalue weighted by Crippen LogP contribution is -2.11. The molecule has 0 spiro atoms. The highest BCUT2D eigenvalue weighted by Crippen LogP contribution is 2.02. The molecule has 5 nitrogen and oxygen atoms in total. The monoisotopic (exact) mass is 237 g/mol. The number of rotatable bonds is 3. The Labute approximate surface area is 92.9 Å². The fourth-order valence-electron chi connectivity index (χ4n) is 0.685. The van der Waals surface area contributed by atoms with Gasteiger partial charge in [-0.3, -0.25) is 9.59 Å². The number of primary amides is 1. The van der Waals surface area contributed by atoms with Crippen LogP contribution in [0.4, 0.5) is 5.82 Å². The lowest BCUT2D eigenvalue weighted by molar-refractivity contribution is -0.105. The second-order valence-electron chi connectivity index (χ2n) is 2.06. The van der Waals surface area contributed by atoms with Crippen molar-refractivity contribution in [2.24, 2.45) is 5.73 Å². The van der Waals surface area contributed by atoms with E-state index in [0.29, 0.717) is 17.8 Å². The molecule has 7 heteroatoms. The SMILES string of the molecule is Cl.Cl.NC(=O)c1ccc(NC=O)nc1. The van der Waals surface area contributed by atoms with Crippen molar-refractivity contribution in [3.63, 3.8) is 0 Å². The van der Waals surface area contributed by atoms with Crippen LogP contribution < -0.4 is 11.1 Å². The number of nitrogens with two attached hydrogens (primary N) is 1. The van der Waals surface area contributed by atoms with Gasteiger partial charge in [-0.2, -0.15) is 0 Å². The number of hydrogen-bond acceptors (Lipinski definition) is 3. The van der Waals surface area contributed by atoms with Crippen LogP contribution in [0.5, 0.6) is 0 Å². The van der Waals surface area contributed by atoms with Crippen molar-refractivity contribution in [2.45, 2.75) is 0 Å². The summed E-state index contributed by atoms with van der Waals surface area (Å²) in [4.78, 5) is 24.3. The number of halogens is 2. The van der Waals surface area contributed by atoms with Crippen LogP contribution >= 0.6 is 24.8 Å². The number of carbonyl (C=O) groups excluding carboxylic acids is 2. The van der Waals surface area contributed by atoms with E-state index in [0.717, 1.165) is 0 Å². The first kappa shape index (κ1) is 15.2. The maximum atomic E-state index is 10.6. The van der Waals surface area contributed by atoms with Crippen LogP contribution in [0, 0.1) is 0 Å². The number of amides is 2. The van der Waals surface area contributed by atoms with Crippen LogP contribution in [0.3, 0.4) is 0 Å². The molecule has 0 fully saturated rings. The number of carbonyl (C=O) groups is 2. The van der Waals surface area contributed by atoms with Gasteiger partial charge in [-0.15, -0.1) is 24.8 Å². The summed E-state index contributed by atoms with van der Waals surface area (Å²) >= 11 is 0. The fourth-order valence-corrected chi connectivity index (χ4v) is 0.685. The zero-order valence-electron chi connectivity index (χ0n) is 6.97. The molecule has 0 aliphatic carbocycles. The molecule has 1 rings (SSSR count). The molecule has 1 heterocycles. The molecule has 0 atom stereocenters. The minimum atomic E-state index is -0.542. The smallest absolute Gasteiger partial charge is 0.250 e. The van der Waals surface area contributed by atoms with Crippen LogP contribution in [-0.2, 0) is 4.79 Å². The number of hydrogen-bond donors (Lipinski definition) is 2. The third-order valence-electron chi connectivity index (χ3n) is 1.25. The van der Waals surface area contributed by atoms with E-state index in [2.05, 4.69) is 10.3 Å². The average molecular weight is 238 g/mol. The van der Waals surface area contributed by atoms with E-state index >= 15 is 0 Å². The van der Waals surface area contributed by atoms with E-state index in [1.807, 2.05) is 0 Å². The fraction of sp³-hybridized carbons (Fsp3) is 0. The molecule has 0 saturated carbocycles. The predicted octanol–water partition coefficient (Wildman–Crippen LogP) is 0.592. The highest BCUT2D eigenvalue weighted by molar-refractivity contribution is 5.92. The van der Waals surface area contributed by atoms with Crippen LogP contribution in [-0.4, -0.2) is 17.3 Å². The molecule has 1 aromatic heterocycles. The highest BCUT2D eigenvalue weighted by Gasteiger charge is 1.99. The van der Waals surface area contributed by atoms with E-state index in [1.54, 1.807) is 0 Å². The summed E-state index contributed by atoms with van der Waals surface area (Å²) in [6, 6.07) is 2.98. The van der Waals surface area contributed by atoms with Crippen LogP contribution in [0.2, 0.25) is 0 Å². The topological polar surface area (TPSA) is 85.1 Å². The molecule has 0 saturated heterocycles. The molecule has 0 bridgehead atoms. The first-order valence-electron chi connectivity index (χ1n) is 3.20. The van der Waals surface area contributed by atoms with Gasteiger partial charge in [0.1, 0.15) is 5.82 Å². The average Bonchev–Trinajstić information content (AvgIpc) is 2.06. The highest BCUT2D eigenvalue weighted by atomic mass is 35.5. The van der Waals surface area contributed by atoms with Gasteiger partial charge in [0, 0.05) is 6.20 Å². The Morgan fingerprint density at radius 3 is 2.43 bits per heavy atom. The Hall–Kier alpha value is -1.33. The van der Waals surface area contributed by atoms with E-state index in [1.165, 1.54) is 18.3 Å². The molecule has 0 radical (unpaired) electrons. The van der Waals surface area contributed by atoms with E-state index in [4.69, 9.17) is 5.73 Å². The Morgan fingerprint density at radius 1 is 1.43 bits per heavy atom. The zero-order chi connectivity index (χ0) is 8.97. The number of pyridine rings is 1. The van der Waals surface area contributed by atoms with Crippen molar-refractivity contribution in [3.05, 3.63) is 23.9 Å². The van der Waals surface area contributed by atoms with E-state index in [9.17, 15) is 9.59 Å². The molecular weight excluding hydrogens is 229 g/mol. The van der Waals surface area contributed by atoms with Crippen LogP contribution in [0.25, 0.3) is 0 Å². The molecule has 14 heavy (non-hydrogen) atoms. The van der Waals surface area contributed by atoms with Gasteiger partial charge in [0.2, 0.25) is 12.3 Å². The number of aromatic nitrogens is 1. The summed E-state index contributed by atoms with van der Waals surface area (Å²) in [5, 5.41) is 2.33. The van der Waals surface area contributed by atoms with E-state index < -0.39 is 5.91 Å². The quantitative estimate of drug-likeness (QED) is 0.755. The van der Waals surface area contributed by atoms with Gasteiger partial charge < -0.3 is 11.1 Å². The second-order valence-corrected chi connectivity index (χ2v) is 2.06. The second kappa shape index (κ2) is 7.11. The third kappa shape index (κ3) is 4.06. The maximum absolute atomic E-state index is 10.6. The Balaban J connectivity index is 0. The molecule has 1 aromatic rings. The largest absolute Gasteiger partial charge is 0.366 e. The molecule has 0 aromatic carbocycles. The van der Waals surface area contributed by atoms with Crippen molar-refractivity contribution in [2.75, 3.05) is 5.32 Å². The molecule has 0 unspecified atom stereocenters. The summed E-state index contributed by atoms with van der Waals surface area (Å²) in [6.45, 7) is 0. The van der Waals surface area contributed by atoms with Crippen molar-refractivity contribution in [3.8, 4) is 0 Å². The maximum Gasteiger partial charge on any atom is 0.250 e. The van der Waals surface area contributed by atoms with Gasteiger partial charge >= 0.3 is 0 Å². The summed E-state index contributed by atoms with van der Waals surface area (Å²) in [5.74, 6) is -0.157. The summed E-state index contributed by atoms with van der Waals surface area (Å²) in [6.07, 6.45) is 1.81. The van der Waals surface area contributed by atoms with Gasteiger partial charge in [0.05, 0.1) is 5.56 Å². The van der Waals surface area contributed by atoms with Gasteiger partial charge in [-0.05, 0) is 12.1 Å². The lowest BCUT2D eigenvalue weighted by Gasteiger charge is -1.97. The van der Waals surface area contributed by atoms with Crippen molar-refractivity contribution in [1.82, 2.24) is 4.98 Å². The van der Waals surface area contributed by atoms with Gasteiger partial charge in [0.25, 0.3) is 0 Å². The van der Waals surface area contributed by atoms with Crippen LogP contribution in [0.15, 0.2) is 18.3 Å². The number of nitrogens with zero attached hydrogens (tertiary/aromatic N) is 1. The molecule has 3 N–H and O–H groups in total. The molecular formula is C7H9Cl2N3O2. The minimum Gasteiger partial charge on any atom is -0.366 e. The van der Waals surface area contributed by atoms with Crippen molar-refractivity contribution < 1.29 is 9.59 Å². The standard InChI is InChI=1S/C7H7N3O2.2ClH/c8-7(12)5-1-2-6(9-3-5)10-4-11;;/h1-4H,(H2,8,12)(H,9,10,11);2*1H. The summed E-state index contributed by atoms with van der Waals surface area (Å²) in [7, 11) is 0. The Morgan fingerprint density at radius 2 is 2.07 bits per heavy atom. The van der Waals surface area contributed by atoms with Gasteiger partial charge in [0.15, 0.2) is 0 Å². The normalized spacial score (nSPS) is 7.71. The minimum absolute atomic E-state index is 0. The molecule has 0 aliphatic heterocycles. The zero-order valence-corrected chi connectivity index (χ0v) is 8.60. The summed E-state index contributed by atoms with van der Waals surface area (Å²) in [5.41, 5.74) is 5.28. The predicted molar refractivity (Wildman–Crippen MR) is 56.9 cm³/mol. The van der Waals surface area contributed by atoms with Gasteiger partial charge in [-0.1, -0.05) is 0 Å². The molecule has 0 aliphatic rings. The Kier molecular flexibility index (Phi) is 7.70.